The lowest BCUT2D eigenvalue weighted by atomic mass is 10.2. The highest BCUT2D eigenvalue weighted by molar-refractivity contribution is 5.87. The Morgan fingerprint density at radius 2 is 1.91 bits per heavy atom. The van der Waals surface area contributed by atoms with E-state index >= 15 is 0 Å². The Hall–Kier alpha value is -3.66. The summed E-state index contributed by atoms with van der Waals surface area (Å²) in [5.41, 5.74) is 0.694. The van der Waals surface area contributed by atoms with E-state index in [0.29, 0.717) is 40.5 Å². The SMILES string of the molecule is COc1cc(OC)c2c(=O)[nH]c(-c3cccc(N4CCN(CCC(=O)O)CC4)n3)nc2c1. The molecule has 1 aliphatic heterocycles. The third-order valence-electron chi connectivity index (χ3n) is 5.52. The predicted octanol–water partition coefficient (Wildman–Crippen LogP) is 1.60. The molecule has 2 N–H and O–H groups in total. The third kappa shape index (κ3) is 4.50. The summed E-state index contributed by atoms with van der Waals surface area (Å²) in [5.74, 6) is 1.29. The van der Waals surface area contributed by atoms with Crippen molar-refractivity contribution in [2.75, 3.05) is 51.8 Å². The number of rotatable bonds is 7. The first-order valence-corrected chi connectivity index (χ1v) is 10.3. The largest absolute Gasteiger partial charge is 0.497 e. The molecule has 2 aromatic heterocycles. The van der Waals surface area contributed by atoms with E-state index < -0.39 is 5.97 Å². The number of methoxy groups -OCH3 is 2. The van der Waals surface area contributed by atoms with Crippen molar-refractivity contribution in [3.8, 4) is 23.0 Å². The highest BCUT2D eigenvalue weighted by Crippen LogP contribution is 2.29. The molecule has 0 bridgehead atoms. The molecule has 0 radical (unpaired) electrons. The second-order valence-electron chi connectivity index (χ2n) is 7.49. The number of nitrogens with zero attached hydrogens (tertiary/aromatic N) is 4. The number of anilines is 1. The molecule has 1 fully saturated rings. The van der Waals surface area contributed by atoms with Gasteiger partial charge in [0.1, 0.15) is 28.4 Å². The summed E-state index contributed by atoms with van der Waals surface area (Å²) in [6.07, 6.45) is 0.143. The number of aromatic amines is 1. The van der Waals surface area contributed by atoms with E-state index in [-0.39, 0.29) is 12.0 Å². The van der Waals surface area contributed by atoms with Gasteiger partial charge in [0.2, 0.25) is 0 Å². The number of aromatic nitrogens is 3. The summed E-state index contributed by atoms with van der Waals surface area (Å²) in [6.45, 7) is 3.57. The molecule has 0 saturated carbocycles. The molecule has 0 atom stereocenters. The topological polar surface area (TPSA) is 121 Å². The highest BCUT2D eigenvalue weighted by atomic mass is 16.5. The Bertz CT molecular complexity index is 1190. The van der Waals surface area contributed by atoms with Gasteiger partial charge in [-0.3, -0.25) is 14.5 Å². The molecule has 1 saturated heterocycles. The smallest absolute Gasteiger partial charge is 0.304 e. The number of hydrogen-bond acceptors (Lipinski definition) is 8. The third-order valence-corrected chi connectivity index (χ3v) is 5.52. The fourth-order valence-corrected chi connectivity index (χ4v) is 3.80. The summed E-state index contributed by atoms with van der Waals surface area (Å²) in [4.78, 5) is 40.0. The van der Waals surface area contributed by atoms with Crippen LogP contribution in [0.25, 0.3) is 22.4 Å². The van der Waals surface area contributed by atoms with Crippen LogP contribution in [0.5, 0.6) is 11.5 Å². The maximum Gasteiger partial charge on any atom is 0.304 e. The van der Waals surface area contributed by atoms with Gasteiger partial charge in [0.15, 0.2) is 5.82 Å². The fourth-order valence-electron chi connectivity index (χ4n) is 3.80. The van der Waals surface area contributed by atoms with Crippen molar-refractivity contribution >= 4 is 22.7 Å². The minimum absolute atomic E-state index is 0.143. The molecule has 3 aromatic rings. The van der Waals surface area contributed by atoms with Crippen LogP contribution in [0.4, 0.5) is 5.82 Å². The molecule has 32 heavy (non-hydrogen) atoms. The number of piperazine rings is 1. The van der Waals surface area contributed by atoms with E-state index in [0.717, 1.165) is 32.0 Å². The highest BCUT2D eigenvalue weighted by Gasteiger charge is 2.19. The standard InChI is InChI=1S/C22H25N5O5/c1-31-14-12-16-20(17(13-14)32-2)22(30)25-21(24-16)15-4-3-5-18(23-15)27-10-8-26(9-11-27)7-6-19(28)29/h3-5,12-13H,6-11H2,1-2H3,(H,28,29)(H,24,25,30). The number of carbonyl (C=O) groups is 1. The van der Waals surface area contributed by atoms with E-state index in [9.17, 15) is 9.59 Å². The molecule has 0 unspecified atom stereocenters. The Morgan fingerprint density at radius 1 is 1.12 bits per heavy atom. The van der Waals surface area contributed by atoms with Crippen LogP contribution in [0, 0.1) is 0 Å². The van der Waals surface area contributed by atoms with Crippen LogP contribution < -0.4 is 19.9 Å². The molecule has 0 amide bonds. The molecule has 0 spiro atoms. The molecule has 10 nitrogen and oxygen atoms in total. The molecule has 4 rings (SSSR count). The second kappa shape index (κ2) is 9.23. The summed E-state index contributed by atoms with van der Waals surface area (Å²) < 4.78 is 10.6. The van der Waals surface area contributed by atoms with Crippen LogP contribution in [-0.2, 0) is 4.79 Å². The number of ether oxygens (including phenoxy) is 2. The number of hydrogen-bond donors (Lipinski definition) is 2. The van der Waals surface area contributed by atoms with E-state index in [1.807, 2.05) is 12.1 Å². The number of carboxylic acids is 1. The van der Waals surface area contributed by atoms with Gasteiger partial charge in [-0.15, -0.1) is 0 Å². The monoisotopic (exact) mass is 439 g/mol. The second-order valence-corrected chi connectivity index (χ2v) is 7.49. The minimum Gasteiger partial charge on any atom is -0.497 e. The van der Waals surface area contributed by atoms with Crippen molar-refractivity contribution in [2.24, 2.45) is 0 Å². The maximum atomic E-state index is 12.8. The van der Waals surface area contributed by atoms with E-state index in [1.165, 1.54) is 7.11 Å². The van der Waals surface area contributed by atoms with Gasteiger partial charge in [-0.05, 0) is 12.1 Å². The van der Waals surface area contributed by atoms with Crippen LogP contribution >= 0.6 is 0 Å². The van der Waals surface area contributed by atoms with Crippen LogP contribution in [0.15, 0.2) is 35.1 Å². The maximum absolute atomic E-state index is 12.8. The van der Waals surface area contributed by atoms with Gasteiger partial charge in [0.05, 0.1) is 26.2 Å². The van der Waals surface area contributed by atoms with Gasteiger partial charge in [-0.2, -0.15) is 0 Å². The number of benzene rings is 1. The van der Waals surface area contributed by atoms with E-state index in [1.54, 1.807) is 25.3 Å². The fraction of sp³-hybridized carbons (Fsp3) is 0.364. The lowest BCUT2D eigenvalue weighted by Crippen LogP contribution is -2.47. The quantitative estimate of drug-likeness (QED) is 0.565. The number of carboxylic acid groups (broad SMARTS) is 1. The van der Waals surface area contributed by atoms with Gasteiger partial charge in [0.25, 0.3) is 5.56 Å². The lowest BCUT2D eigenvalue weighted by molar-refractivity contribution is -0.137. The Kier molecular flexibility index (Phi) is 6.22. The summed E-state index contributed by atoms with van der Waals surface area (Å²) in [6, 6.07) is 8.94. The summed E-state index contributed by atoms with van der Waals surface area (Å²) in [5, 5.41) is 9.22. The zero-order chi connectivity index (χ0) is 22.7. The Morgan fingerprint density at radius 3 is 2.59 bits per heavy atom. The zero-order valence-electron chi connectivity index (χ0n) is 18.0. The molecular weight excluding hydrogens is 414 g/mol. The van der Waals surface area contributed by atoms with Crippen molar-refractivity contribution in [3.05, 3.63) is 40.7 Å². The lowest BCUT2D eigenvalue weighted by Gasteiger charge is -2.35. The molecular formula is C22H25N5O5. The normalized spacial score (nSPS) is 14.5. The molecule has 168 valence electrons. The van der Waals surface area contributed by atoms with Crippen LogP contribution in [0.2, 0.25) is 0 Å². The number of nitrogens with one attached hydrogen (secondary N) is 1. The van der Waals surface area contributed by atoms with Gasteiger partial charge in [-0.1, -0.05) is 6.07 Å². The van der Waals surface area contributed by atoms with Crippen LogP contribution in [0.3, 0.4) is 0 Å². The predicted molar refractivity (Wildman–Crippen MR) is 120 cm³/mol. The number of aliphatic carboxylic acids is 1. The first-order chi connectivity index (χ1) is 15.5. The van der Waals surface area contributed by atoms with Crippen LogP contribution in [0.1, 0.15) is 6.42 Å². The van der Waals surface area contributed by atoms with Crippen molar-refractivity contribution in [1.82, 2.24) is 19.9 Å². The summed E-state index contributed by atoms with van der Waals surface area (Å²) in [7, 11) is 3.04. The molecule has 1 aliphatic rings. The first-order valence-electron chi connectivity index (χ1n) is 10.3. The van der Waals surface area contributed by atoms with Crippen molar-refractivity contribution < 1.29 is 19.4 Å². The average molecular weight is 439 g/mol. The minimum atomic E-state index is -0.783. The number of H-pyrrole nitrogens is 1. The first kappa shape index (κ1) is 21.6. The van der Waals surface area contributed by atoms with Crippen molar-refractivity contribution in [1.29, 1.82) is 0 Å². The van der Waals surface area contributed by atoms with Gasteiger partial charge < -0.3 is 24.5 Å². The Balaban J connectivity index is 1.60. The summed E-state index contributed by atoms with van der Waals surface area (Å²) >= 11 is 0. The van der Waals surface area contributed by atoms with Crippen LogP contribution in [-0.4, -0.2) is 77.9 Å². The van der Waals surface area contributed by atoms with E-state index in [2.05, 4.69) is 19.8 Å². The van der Waals surface area contributed by atoms with Gasteiger partial charge >= 0.3 is 5.97 Å². The molecule has 1 aromatic carbocycles. The molecule has 3 heterocycles. The molecule has 0 aliphatic carbocycles. The van der Waals surface area contributed by atoms with Gasteiger partial charge in [0, 0.05) is 44.9 Å². The van der Waals surface area contributed by atoms with E-state index in [4.69, 9.17) is 19.6 Å². The van der Waals surface area contributed by atoms with Crippen molar-refractivity contribution in [2.45, 2.75) is 6.42 Å². The zero-order valence-corrected chi connectivity index (χ0v) is 18.0. The Labute approximate surface area is 184 Å². The number of pyridine rings is 1. The molecule has 10 heteroatoms. The van der Waals surface area contributed by atoms with Crippen molar-refractivity contribution in [3.63, 3.8) is 0 Å². The van der Waals surface area contributed by atoms with Gasteiger partial charge in [-0.25, -0.2) is 9.97 Å². The average Bonchev–Trinajstić information content (AvgIpc) is 2.82. The number of fused-ring (bicyclic) bond motifs is 1.